The van der Waals surface area contributed by atoms with Crippen molar-refractivity contribution in [2.45, 2.75) is 64.8 Å². The average Bonchev–Trinajstić information content (AvgIpc) is 3.92. The molecule has 268 valence electrons. The van der Waals surface area contributed by atoms with Crippen molar-refractivity contribution in [1.29, 1.82) is 5.26 Å². The third-order valence-corrected chi connectivity index (χ3v) is 10.8. The van der Waals surface area contributed by atoms with Gasteiger partial charge in [-0.3, -0.25) is 14.7 Å². The molecule has 3 aromatic heterocycles. The van der Waals surface area contributed by atoms with Crippen molar-refractivity contribution < 1.29 is 19.4 Å². The van der Waals surface area contributed by atoms with Crippen LogP contribution in [-0.2, 0) is 17.9 Å². The summed E-state index contributed by atoms with van der Waals surface area (Å²) >= 11 is 0. The zero-order chi connectivity index (χ0) is 36.6. The molecule has 11 nitrogen and oxygen atoms in total. The highest BCUT2D eigenvalue weighted by molar-refractivity contribution is 5.91. The number of hydrogen-bond acceptors (Lipinski definition) is 10. The second kappa shape index (κ2) is 14.4. The van der Waals surface area contributed by atoms with Gasteiger partial charge in [-0.25, -0.2) is 9.97 Å². The van der Waals surface area contributed by atoms with Gasteiger partial charge in [-0.2, -0.15) is 5.26 Å². The fourth-order valence-electron chi connectivity index (χ4n) is 7.89. The number of anilines is 2. The fraction of sp³-hybridized carbons (Fsp3) is 0.310. The lowest BCUT2D eigenvalue weighted by Crippen LogP contribution is -2.26. The Morgan fingerprint density at radius 1 is 1.00 bits per heavy atom. The lowest BCUT2D eigenvalue weighted by Gasteiger charge is -2.17. The van der Waals surface area contributed by atoms with Gasteiger partial charge >= 0.3 is 5.97 Å². The number of benzene rings is 3. The number of fused-ring (bicyclic) bond motifs is 2. The topological polar surface area (TPSA) is 160 Å². The number of oxazole rings is 1. The van der Waals surface area contributed by atoms with E-state index in [1.54, 1.807) is 6.20 Å². The van der Waals surface area contributed by atoms with Gasteiger partial charge in [0.25, 0.3) is 0 Å². The van der Waals surface area contributed by atoms with Crippen molar-refractivity contribution in [2.75, 3.05) is 18.4 Å². The monoisotopic (exact) mass is 707 g/mol. The van der Waals surface area contributed by atoms with Crippen molar-refractivity contribution in [2.24, 2.45) is 5.92 Å². The van der Waals surface area contributed by atoms with Gasteiger partial charge in [0.2, 0.25) is 5.89 Å². The van der Waals surface area contributed by atoms with E-state index in [1.807, 2.05) is 48.7 Å². The minimum absolute atomic E-state index is 0.127. The minimum Gasteiger partial charge on any atom is -0.481 e. The number of aromatic nitrogens is 3. The molecule has 6 aromatic rings. The van der Waals surface area contributed by atoms with E-state index in [2.05, 4.69) is 58.6 Å². The number of rotatable bonds is 10. The zero-order valence-electron chi connectivity index (χ0n) is 29.8. The Kier molecular flexibility index (Phi) is 9.35. The molecule has 3 atom stereocenters. The summed E-state index contributed by atoms with van der Waals surface area (Å²) in [6.45, 7) is 6.99. The van der Waals surface area contributed by atoms with Crippen LogP contribution in [0.15, 0.2) is 77.5 Å². The van der Waals surface area contributed by atoms with E-state index in [1.165, 1.54) is 0 Å². The van der Waals surface area contributed by atoms with E-state index in [-0.39, 0.29) is 18.1 Å². The number of nitrogens with one attached hydrogen (secondary N) is 2. The largest absolute Gasteiger partial charge is 0.481 e. The van der Waals surface area contributed by atoms with Crippen LogP contribution in [0.3, 0.4) is 0 Å². The Hall–Kier alpha value is -5.67. The predicted octanol–water partition coefficient (Wildman–Crippen LogP) is 7.25. The minimum atomic E-state index is -0.738. The predicted molar refractivity (Wildman–Crippen MR) is 203 cm³/mol. The summed E-state index contributed by atoms with van der Waals surface area (Å²) in [4.78, 5) is 28.0. The van der Waals surface area contributed by atoms with Crippen LogP contribution in [0, 0.1) is 31.1 Å². The van der Waals surface area contributed by atoms with E-state index >= 15 is 0 Å². The first-order valence-corrected chi connectivity index (χ1v) is 18.1. The van der Waals surface area contributed by atoms with Gasteiger partial charge in [0, 0.05) is 61.3 Å². The number of aliphatic carboxylic acids is 1. The van der Waals surface area contributed by atoms with Gasteiger partial charge in [0.1, 0.15) is 17.1 Å². The SMILES string of the molecule is Cc1c(Nc2nccc3cc(CN4CCC(O)C4)cnc23)cccc1-c1cccc(-c2nc3cc(CN[C@H]4CC[C@H](C(=O)O)C4)cc(C#N)c3o2)c1C. The number of aliphatic hydroxyl groups is 1. The third kappa shape index (κ3) is 6.97. The molecule has 1 saturated heterocycles. The maximum Gasteiger partial charge on any atom is 0.306 e. The van der Waals surface area contributed by atoms with Crippen LogP contribution in [0.4, 0.5) is 11.5 Å². The Morgan fingerprint density at radius 2 is 1.81 bits per heavy atom. The van der Waals surface area contributed by atoms with Gasteiger partial charge in [0.05, 0.1) is 17.6 Å². The number of carbonyl (C=O) groups is 1. The molecule has 0 bridgehead atoms. The molecule has 11 heteroatoms. The molecule has 53 heavy (non-hydrogen) atoms. The summed E-state index contributed by atoms with van der Waals surface area (Å²) < 4.78 is 6.28. The molecule has 1 unspecified atom stereocenters. The van der Waals surface area contributed by atoms with Crippen LogP contribution in [0.25, 0.3) is 44.6 Å². The van der Waals surface area contributed by atoms with Crippen LogP contribution >= 0.6 is 0 Å². The number of aliphatic hydroxyl groups excluding tert-OH is 1. The van der Waals surface area contributed by atoms with Crippen LogP contribution < -0.4 is 10.6 Å². The van der Waals surface area contributed by atoms with E-state index in [4.69, 9.17) is 14.4 Å². The number of carboxylic acids is 1. The summed E-state index contributed by atoms with van der Waals surface area (Å²) in [5.74, 6) is 0.0786. The third-order valence-electron chi connectivity index (χ3n) is 10.8. The summed E-state index contributed by atoms with van der Waals surface area (Å²) in [5, 5.41) is 37.3. The fourth-order valence-corrected chi connectivity index (χ4v) is 7.89. The molecule has 1 saturated carbocycles. The van der Waals surface area contributed by atoms with Crippen LogP contribution in [0.2, 0.25) is 0 Å². The molecule has 3 aromatic carbocycles. The van der Waals surface area contributed by atoms with Crippen LogP contribution in [0.5, 0.6) is 0 Å². The molecule has 4 heterocycles. The number of β-amino-alcohol motifs (C(OH)–C–C–N with tert-alkyl or cyclic N) is 1. The Balaban J connectivity index is 1.05. The molecule has 8 rings (SSSR count). The number of carboxylic acid groups (broad SMARTS) is 1. The summed E-state index contributed by atoms with van der Waals surface area (Å²) in [6, 6.07) is 22.5. The lowest BCUT2D eigenvalue weighted by atomic mass is 9.93. The lowest BCUT2D eigenvalue weighted by molar-refractivity contribution is -0.141. The van der Waals surface area contributed by atoms with E-state index in [0.717, 1.165) is 81.5 Å². The normalized spacial score (nSPS) is 18.9. The number of hydrogen-bond donors (Lipinski definition) is 4. The van der Waals surface area contributed by atoms with Crippen LogP contribution in [0.1, 0.15) is 53.5 Å². The van der Waals surface area contributed by atoms with Crippen molar-refractivity contribution >= 4 is 39.5 Å². The van der Waals surface area contributed by atoms with Gasteiger partial charge in [-0.1, -0.05) is 24.3 Å². The molecule has 4 N–H and O–H groups in total. The number of nitrogens with zero attached hydrogens (tertiary/aromatic N) is 5. The maximum absolute atomic E-state index is 11.4. The second-order valence-electron chi connectivity index (χ2n) is 14.4. The molecule has 0 spiro atoms. The molecule has 1 aliphatic carbocycles. The van der Waals surface area contributed by atoms with Gasteiger partial charge < -0.3 is 25.3 Å². The van der Waals surface area contributed by atoms with E-state index in [9.17, 15) is 20.3 Å². The van der Waals surface area contributed by atoms with Crippen LogP contribution in [-0.4, -0.2) is 61.3 Å². The molecule has 0 amide bonds. The molecule has 0 radical (unpaired) electrons. The number of nitriles is 1. The average molecular weight is 708 g/mol. The molecule has 2 fully saturated rings. The summed E-state index contributed by atoms with van der Waals surface area (Å²) in [7, 11) is 0. The number of likely N-dealkylation sites (tertiary alicyclic amines) is 1. The first-order valence-electron chi connectivity index (χ1n) is 18.1. The van der Waals surface area contributed by atoms with Crippen molar-refractivity contribution in [3.05, 3.63) is 101 Å². The molecule has 1 aliphatic heterocycles. The quantitative estimate of drug-likeness (QED) is 0.114. The van der Waals surface area contributed by atoms with Gasteiger partial charge in [-0.15, -0.1) is 0 Å². The first-order chi connectivity index (χ1) is 25.7. The Morgan fingerprint density at radius 3 is 2.58 bits per heavy atom. The second-order valence-corrected chi connectivity index (χ2v) is 14.4. The smallest absolute Gasteiger partial charge is 0.306 e. The highest BCUT2D eigenvalue weighted by Crippen LogP contribution is 2.38. The molecular weight excluding hydrogens is 667 g/mol. The summed E-state index contributed by atoms with van der Waals surface area (Å²) in [5.41, 5.74) is 10.2. The van der Waals surface area contributed by atoms with E-state index in [0.29, 0.717) is 54.3 Å². The zero-order valence-corrected chi connectivity index (χ0v) is 29.8. The van der Waals surface area contributed by atoms with Crippen molar-refractivity contribution in [3.63, 3.8) is 0 Å². The Labute approximate surface area is 307 Å². The van der Waals surface area contributed by atoms with Crippen molar-refractivity contribution in [1.82, 2.24) is 25.2 Å². The number of pyridine rings is 2. The highest BCUT2D eigenvalue weighted by Gasteiger charge is 2.29. The maximum atomic E-state index is 11.4. The van der Waals surface area contributed by atoms with Crippen molar-refractivity contribution in [3.8, 4) is 28.7 Å². The summed E-state index contributed by atoms with van der Waals surface area (Å²) in [6.07, 6.45) is 6.35. The molecular formula is C42H41N7O4. The van der Waals surface area contributed by atoms with E-state index < -0.39 is 5.97 Å². The van der Waals surface area contributed by atoms with Gasteiger partial charge in [-0.05, 0) is 109 Å². The molecule has 2 aliphatic rings. The highest BCUT2D eigenvalue weighted by atomic mass is 16.4. The Bertz CT molecular complexity index is 2400. The van der Waals surface area contributed by atoms with Gasteiger partial charge in [0.15, 0.2) is 11.4 Å². The standard InChI is InChI=1S/C42H41N7O4/c1-24-33(5-3-7-35(24)41-48-37-17-26(15-30(19-43)39(37)53-41)20-45-31-10-9-29(18-31)42(51)52)34-6-4-8-36(25(34)2)47-40-38-28(11-13-44-40)16-27(21-46-38)22-49-14-12-32(50)23-49/h3-8,11,13,15-17,21,29,31-32,45,50H,9-10,12,14,18,20,22-23H2,1-2H3,(H,44,47)(H,51,52)/t29-,31-,32?/m0/s1. The first kappa shape index (κ1) is 34.4.